The van der Waals surface area contributed by atoms with E-state index >= 15 is 0 Å². The summed E-state index contributed by atoms with van der Waals surface area (Å²) in [5, 5.41) is 1.57. The van der Waals surface area contributed by atoms with Crippen molar-refractivity contribution >= 4 is 30.6 Å². The van der Waals surface area contributed by atoms with Crippen molar-refractivity contribution in [1.29, 1.82) is 0 Å². The van der Waals surface area contributed by atoms with Crippen molar-refractivity contribution in [2.75, 3.05) is 0 Å². The third-order valence-electron chi connectivity index (χ3n) is 16.9. The minimum absolute atomic E-state index is 0. The van der Waals surface area contributed by atoms with Crippen LogP contribution in [-0.4, -0.2) is 7.42 Å². The maximum Gasteiger partial charge on any atom is -1.00 e. The second-order valence-corrected chi connectivity index (χ2v) is 27.7. The van der Waals surface area contributed by atoms with E-state index in [0.717, 1.165) is 16.5 Å². The summed E-state index contributed by atoms with van der Waals surface area (Å²) in [5.74, 6) is 0.305. The molecule has 2 aromatic carbocycles. The van der Waals surface area contributed by atoms with Gasteiger partial charge in [0.05, 0.1) is 0 Å². The smallest absolute Gasteiger partial charge is 1.00 e. The Morgan fingerprint density at radius 1 is 0.642 bits per heavy atom. The zero-order chi connectivity index (χ0) is 36.3. The maximum absolute atomic E-state index is 6.83. The molecule has 0 bridgehead atoms. The number of hydrogen-bond donors (Lipinski definition) is 0. The average molecular weight is 862 g/mol. The van der Waals surface area contributed by atoms with E-state index < -0.39 is 19.3 Å². The molecule has 0 radical (unpaired) electrons. The van der Waals surface area contributed by atoms with Crippen LogP contribution in [0.1, 0.15) is 72.9 Å². The van der Waals surface area contributed by atoms with Gasteiger partial charge in [-0.05, 0) is 0 Å². The molecule has 6 aliphatic rings. The van der Waals surface area contributed by atoms with Gasteiger partial charge in [-0.3, -0.25) is 0 Å². The fourth-order valence-electron chi connectivity index (χ4n) is 13.7. The molecule has 9 unspecified atom stereocenters. The topological polar surface area (TPSA) is 0 Å². The first kappa shape index (κ1) is 40.8. The van der Waals surface area contributed by atoms with Gasteiger partial charge < -0.3 is 24.8 Å². The molecule has 0 spiro atoms. The van der Waals surface area contributed by atoms with E-state index in [9.17, 15) is 0 Å². The molecule has 276 valence electrons. The first-order valence-electron chi connectivity index (χ1n) is 18.8. The summed E-state index contributed by atoms with van der Waals surface area (Å²) in [6.45, 7) is 21.0. The molecule has 2 saturated carbocycles. The van der Waals surface area contributed by atoms with E-state index in [4.69, 9.17) is 23.2 Å². The zero-order valence-electron chi connectivity index (χ0n) is 32.2. The molecule has 0 nitrogen and oxygen atoms in total. The van der Waals surface area contributed by atoms with Gasteiger partial charge in [0.2, 0.25) is 0 Å². The Morgan fingerprint density at radius 3 is 1.66 bits per heavy atom. The molecule has 8 rings (SSSR count). The number of halogens is 4. The predicted molar refractivity (Wildman–Crippen MR) is 219 cm³/mol. The average Bonchev–Trinajstić information content (AvgIpc) is 3.69. The van der Waals surface area contributed by atoms with Gasteiger partial charge in [0.1, 0.15) is 0 Å². The van der Waals surface area contributed by atoms with Crippen molar-refractivity contribution in [3.8, 4) is 0 Å². The predicted octanol–water partition coefficient (Wildman–Crippen LogP) is 7.24. The van der Waals surface area contributed by atoms with Crippen LogP contribution in [0.4, 0.5) is 0 Å². The molecule has 2 aromatic rings. The fourth-order valence-corrected chi connectivity index (χ4v) is 29.1. The summed E-state index contributed by atoms with van der Waals surface area (Å²) < 4.78 is 7.55. The number of rotatable bonds is 4. The molecular weight excluding hydrogens is 810 g/mol. The van der Waals surface area contributed by atoms with Gasteiger partial charge in [-0.25, -0.2) is 0 Å². The zero-order valence-corrected chi connectivity index (χ0v) is 37.7. The van der Waals surface area contributed by atoms with Crippen LogP contribution in [0.25, 0.3) is 0 Å². The van der Waals surface area contributed by atoms with Crippen molar-refractivity contribution < 1.29 is 44.1 Å². The van der Waals surface area contributed by atoms with Crippen molar-refractivity contribution in [2.24, 2.45) is 43.8 Å². The molecule has 9 atom stereocenters. The Kier molecular flexibility index (Phi) is 10.3. The van der Waals surface area contributed by atoms with Gasteiger partial charge in [0.25, 0.3) is 0 Å². The van der Waals surface area contributed by atoms with Gasteiger partial charge in [-0.15, -0.1) is 0 Å². The van der Waals surface area contributed by atoms with E-state index in [-0.39, 0.29) is 62.7 Å². The first-order chi connectivity index (χ1) is 24.1. The number of allylic oxidation sites excluding steroid dienone is 16. The largest absolute Gasteiger partial charge is 1.00 e. The van der Waals surface area contributed by atoms with Crippen LogP contribution in [0.5, 0.6) is 0 Å². The number of fused-ring (bicyclic) bond motifs is 8. The van der Waals surface area contributed by atoms with E-state index in [0.29, 0.717) is 9.54 Å². The molecule has 0 aromatic heterocycles. The molecule has 53 heavy (non-hydrogen) atoms. The fraction of sp³-hybridized carbons (Fsp3) is 0.375. The van der Waals surface area contributed by atoms with Crippen LogP contribution in [0.2, 0.25) is 13.7 Å². The van der Waals surface area contributed by atoms with E-state index in [1.807, 2.05) is 12.1 Å². The standard InChI is InChI=1S/C29H37.2C7H5Cl.C5H5.2ClH.Zr/c1-21-14-13-15-22-20-27(6)25(4)18-10-9-16-23(25,2)24(3)17-11-12-19-26(24,5)29(27,8)28(21,22)7;2*1-6-3-2-4-7(8)5-6;1-2-4-5-3-1;;;/h9-20,22H,1-8H3;2*1-5H;1-3H,4H2;2*1H;/q;;;;;;+2/p-2. The molecule has 0 amide bonds. The number of hydrogen-bond acceptors (Lipinski definition) is 0. The third-order valence-corrected chi connectivity index (χ3v) is 29.8. The molecule has 0 N–H and O–H groups in total. The van der Waals surface area contributed by atoms with E-state index in [1.165, 1.54) is 16.7 Å². The summed E-state index contributed by atoms with van der Waals surface area (Å²) in [7, 11) is 0. The van der Waals surface area contributed by atoms with Gasteiger partial charge in [-0.1, -0.05) is 0 Å². The summed E-state index contributed by atoms with van der Waals surface area (Å²) in [5.41, 5.74) is 2.77. The minimum atomic E-state index is -4.10. The van der Waals surface area contributed by atoms with Crippen LogP contribution < -0.4 is 24.8 Å². The van der Waals surface area contributed by atoms with Gasteiger partial charge >= 0.3 is 323 Å². The Bertz CT molecular complexity index is 2180. The van der Waals surface area contributed by atoms with Crippen molar-refractivity contribution in [1.82, 2.24) is 0 Å². The molecule has 0 aliphatic heterocycles. The van der Waals surface area contributed by atoms with Crippen LogP contribution in [0.3, 0.4) is 0 Å². The van der Waals surface area contributed by atoms with Crippen LogP contribution >= 0.6 is 23.2 Å². The minimum Gasteiger partial charge on any atom is -1.00 e. The molecule has 0 heterocycles. The van der Waals surface area contributed by atoms with E-state index in [2.05, 4.69) is 184 Å². The Labute approximate surface area is 344 Å². The van der Waals surface area contributed by atoms with Crippen LogP contribution in [0, 0.1) is 43.8 Å². The van der Waals surface area contributed by atoms with E-state index in [1.54, 1.807) is 3.28 Å². The second-order valence-electron chi connectivity index (χ2n) is 17.7. The summed E-state index contributed by atoms with van der Waals surface area (Å²) in [6, 6.07) is 17.2. The van der Waals surface area contributed by atoms with Gasteiger partial charge in [0, 0.05) is 0 Å². The third kappa shape index (κ3) is 4.77. The quantitative estimate of drug-likeness (QED) is 0.305. The summed E-state index contributed by atoms with van der Waals surface area (Å²) >= 11 is 9.55. The molecule has 0 saturated heterocycles. The Hall–Kier alpha value is -1.86. The van der Waals surface area contributed by atoms with Gasteiger partial charge in [0.15, 0.2) is 0 Å². The van der Waals surface area contributed by atoms with Crippen LogP contribution in [0.15, 0.2) is 142 Å². The normalized spacial score (nSPS) is 39.2. The van der Waals surface area contributed by atoms with Gasteiger partial charge in [-0.2, -0.15) is 0 Å². The SMILES string of the molecule is CC1=CC=CC2[CH]([Zr+2](=[CH]c3cccc(Cl)c3)(=[CH]c3cccc(Cl)c3)[C]3=CC=CC3)C3(C)C4(C)C=CC=CC4(C)C4(C)C=CC=CC4(C)C3(C)C12C.[Cl-].[Cl-]. The summed E-state index contributed by atoms with van der Waals surface area (Å²) in [6.07, 6.45) is 35.5. The Morgan fingerprint density at radius 2 is 1.15 bits per heavy atom. The monoisotopic (exact) mass is 858 g/mol. The molecular formula is C48H52Cl4Zr. The first-order valence-corrected chi connectivity index (χ1v) is 25.0. The van der Waals surface area contributed by atoms with Crippen molar-refractivity contribution in [3.05, 3.63) is 164 Å². The second kappa shape index (κ2) is 13.4. The molecule has 5 heteroatoms. The Balaban J connectivity index is 0.00000240. The van der Waals surface area contributed by atoms with Crippen LogP contribution in [-0.2, 0) is 19.3 Å². The van der Waals surface area contributed by atoms with Crippen molar-refractivity contribution in [2.45, 2.75) is 65.4 Å². The molecule has 2 fully saturated rings. The maximum atomic E-state index is 6.83. The number of benzene rings is 2. The van der Waals surface area contributed by atoms with Crippen molar-refractivity contribution in [3.63, 3.8) is 0 Å². The molecule has 6 aliphatic carbocycles. The summed E-state index contributed by atoms with van der Waals surface area (Å²) in [4.78, 5) is 0.